The van der Waals surface area contributed by atoms with Crippen LogP contribution in [-0.2, 0) is 14.4 Å². The summed E-state index contributed by atoms with van der Waals surface area (Å²) >= 11 is 0. The zero-order chi connectivity index (χ0) is 25.2. The maximum atomic E-state index is 13.2. The predicted octanol–water partition coefficient (Wildman–Crippen LogP) is 2.86. The van der Waals surface area contributed by atoms with Crippen molar-refractivity contribution in [2.24, 2.45) is 10.9 Å². The Kier molecular flexibility index (Phi) is 6.59. The van der Waals surface area contributed by atoms with E-state index in [-0.39, 0.29) is 24.8 Å². The van der Waals surface area contributed by atoms with Crippen molar-refractivity contribution in [3.63, 3.8) is 0 Å². The zero-order valence-corrected chi connectivity index (χ0v) is 19.9. The lowest BCUT2D eigenvalue weighted by atomic mass is 9.91. The molecule has 0 radical (unpaired) electrons. The highest BCUT2D eigenvalue weighted by Crippen LogP contribution is 2.39. The molecule has 0 aromatic heterocycles. The molecule has 0 bridgehead atoms. The Morgan fingerprint density at radius 2 is 1.97 bits per heavy atom. The number of carbonyl (C=O) groups excluding carboxylic acids is 3. The molecule has 2 heterocycles. The van der Waals surface area contributed by atoms with E-state index in [4.69, 9.17) is 15.3 Å². The molecule has 1 spiro atoms. The van der Waals surface area contributed by atoms with Crippen LogP contribution in [0.1, 0.15) is 42.6 Å². The van der Waals surface area contributed by atoms with Crippen LogP contribution >= 0.6 is 0 Å². The number of primary amides is 1. The molecular formula is C26H28N4O5. The maximum Gasteiger partial charge on any atom is 0.254 e. The molecule has 0 aliphatic carbocycles. The van der Waals surface area contributed by atoms with Crippen LogP contribution in [0.4, 0.5) is 5.69 Å². The van der Waals surface area contributed by atoms with Crippen molar-refractivity contribution in [2.45, 2.75) is 38.3 Å². The van der Waals surface area contributed by atoms with Crippen LogP contribution in [-0.4, -0.2) is 53.6 Å². The van der Waals surface area contributed by atoms with Crippen molar-refractivity contribution in [1.29, 1.82) is 0 Å². The largest absolute Gasteiger partial charge is 0.497 e. The third-order valence-corrected chi connectivity index (χ3v) is 6.41. The van der Waals surface area contributed by atoms with Gasteiger partial charge in [0.15, 0.2) is 5.60 Å². The second-order valence-corrected chi connectivity index (χ2v) is 8.78. The molecule has 3 N–H and O–H groups in total. The summed E-state index contributed by atoms with van der Waals surface area (Å²) in [5.41, 5.74) is 7.94. The molecule has 9 nitrogen and oxygen atoms in total. The van der Waals surface area contributed by atoms with Gasteiger partial charge in [-0.05, 0) is 50.2 Å². The summed E-state index contributed by atoms with van der Waals surface area (Å²) in [6.07, 6.45) is 2.38. The van der Waals surface area contributed by atoms with Gasteiger partial charge in [0.05, 0.1) is 19.4 Å². The number of hydrogen-bond donors (Lipinski definition) is 2. The van der Waals surface area contributed by atoms with E-state index >= 15 is 0 Å². The van der Waals surface area contributed by atoms with Gasteiger partial charge in [-0.3, -0.25) is 14.4 Å². The van der Waals surface area contributed by atoms with E-state index in [0.717, 1.165) is 5.56 Å². The molecule has 1 saturated heterocycles. The van der Waals surface area contributed by atoms with E-state index < -0.39 is 17.6 Å². The molecule has 35 heavy (non-hydrogen) atoms. The lowest BCUT2D eigenvalue weighted by Crippen LogP contribution is -2.44. The minimum atomic E-state index is -0.849. The third kappa shape index (κ3) is 4.89. The molecule has 1 unspecified atom stereocenters. The van der Waals surface area contributed by atoms with Gasteiger partial charge in [0, 0.05) is 35.2 Å². The van der Waals surface area contributed by atoms with E-state index in [1.807, 2.05) is 18.2 Å². The number of carbonyl (C=O) groups is 3. The monoisotopic (exact) mass is 476 g/mol. The number of benzene rings is 2. The van der Waals surface area contributed by atoms with Gasteiger partial charge in [-0.25, -0.2) is 0 Å². The van der Waals surface area contributed by atoms with E-state index in [1.165, 1.54) is 4.90 Å². The number of ether oxygens (including phenoxy) is 1. The van der Waals surface area contributed by atoms with Gasteiger partial charge in [0.1, 0.15) is 11.8 Å². The fraction of sp³-hybridized carbons (Fsp3) is 0.308. The highest BCUT2D eigenvalue weighted by Gasteiger charge is 2.53. The number of rotatable bonds is 6. The Balaban J connectivity index is 1.51. The molecule has 4 rings (SSSR count). The number of nitrogens with one attached hydrogen (secondary N) is 1. The maximum absolute atomic E-state index is 13.2. The van der Waals surface area contributed by atoms with Crippen LogP contribution in [0.2, 0.25) is 0 Å². The Morgan fingerprint density at radius 3 is 2.63 bits per heavy atom. The first-order valence-corrected chi connectivity index (χ1v) is 11.3. The molecular weight excluding hydrogens is 448 g/mol. The van der Waals surface area contributed by atoms with Crippen molar-refractivity contribution in [1.82, 2.24) is 4.90 Å². The summed E-state index contributed by atoms with van der Waals surface area (Å²) in [6.45, 7) is 3.72. The topological polar surface area (TPSA) is 123 Å². The van der Waals surface area contributed by atoms with Crippen molar-refractivity contribution < 1.29 is 24.0 Å². The lowest BCUT2D eigenvalue weighted by Gasteiger charge is -2.23. The zero-order valence-electron chi connectivity index (χ0n) is 19.9. The lowest BCUT2D eigenvalue weighted by molar-refractivity contribution is -0.121. The minimum Gasteiger partial charge on any atom is -0.497 e. The molecule has 2 aromatic rings. The van der Waals surface area contributed by atoms with Gasteiger partial charge >= 0.3 is 0 Å². The second-order valence-electron chi connectivity index (χ2n) is 8.78. The SMILES string of the molecule is C/C=C(/C)C(=O)Nc1cccc(C2=NOC3(C2)C[C@@H](C(N)=O)N(C(=O)c2ccc(OC)cc2)C3)c1. The van der Waals surface area contributed by atoms with E-state index in [2.05, 4.69) is 10.5 Å². The minimum absolute atomic E-state index is 0.176. The first-order valence-electron chi connectivity index (χ1n) is 11.3. The molecule has 2 aliphatic heterocycles. The number of amides is 3. The molecule has 1 fully saturated rings. The average molecular weight is 477 g/mol. The van der Waals surface area contributed by atoms with Gasteiger partial charge in [-0.15, -0.1) is 0 Å². The normalized spacial score (nSPS) is 21.5. The van der Waals surface area contributed by atoms with Crippen LogP contribution in [0, 0.1) is 0 Å². The number of oxime groups is 1. The Bertz CT molecular complexity index is 1220. The fourth-order valence-electron chi connectivity index (χ4n) is 4.32. The fourth-order valence-corrected chi connectivity index (χ4v) is 4.32. The van der Waals surface area contributed by atoms with Crippen LogP contribution in [0.15, 0.2) is 65.3 Å². The van der Waals surface area contributed by atoms with Crippen LogP contribution in [0.5, 0.6) is 5.75 Å². The van der Waals surface area contributed by atoms with Crippen molar-refractivity contribution in [2.75, 3.05) is 19.0 Å². The summed E-state index contributed by atoms with van der Waals surface area (Å²) in [4.78, 5) is 45.0. The predicted molar refractivity (Wildman–Crippen MR) is 131 cm³/mol. The molecule has 2 atom stereocenters. The smallest absolute Gasteiger partial charge is 0.254 e. The summed E-state index contributed by atoms with van der Waals surface area (Å²) < 4.78 is 5.15. The molecule has 9 heteroatoms. The summed E-state index contributed by atoms with van der Waals surface area (Å²) in [7, 11) is 1.55. The highest BCUT2D eigenvalue weighted by molar-refractivity contribution is 6.06. The van der Waals surface area contributed by atoms with E-state index in [9.17, 15) is 14.4 Å². The number of hydrogen-bond acceptors (Lipinski definition) is 6. The standard InChI is InChI=1S/C26H28N4O5/c1-4-16(2)24(32)28-19-7-5-6-18(12-19)21-13-26(35-29-21)14-22(23(27)31)30(15-26)25(33)17-8-10-20(34-3)11-9-17/h4-12,22H,13-15H2,1-3H3,(H2,27,31)(H,28,32)/b16-4-/t22-,26?/m0/s1. The van der Waals surface area contributed by atoms with Crippen LogP contribution in [0.3, 0.4) is 0 Å². The average Bonchev–Trinajstić information content (AvgIpc) is 3.47. The number of methoxy groups -OCH3 is 1. The molecule has 3 amide bonds. The summed E-state index contributed by atoms with van der Waals surface area (Å²) in [5.74, 6) is -0.458. The summed E-state index contributed by atoms with van der Waals surface area (Å²) in [5, 5.41) is 7.14. The Morgan fingerprint density at radius 1 is 1.23 bits per heavy atom. The summed E-state index contributed by atoms with van der Waals surface area (Å²) in [6, 6.07) is 13.2. The van der Waals surface area contributed by atoms with Gasteiger partial charge in [-0.2, -0.15) is 0 Å². The number of likely N-dealkylation sites (tertiary alicyclic amines) is 1. The molecule has 0 saturated carbocycles. The third-order valence-electron chi connectivity index (χ3n) is 6.41. The van der Waals surface area contributed by atoms with E-state index in [1.54, 1.807) is 57.4 Å². The molecule has 2 aliphatic rings. The van der Waals surface area contributed by atoms with Crippen molar-refractivity contribution in [3.8, 4) is 5.75 Å². The number of nitrogens with two attached hydrogens (primary N) is 1. The van der Waals surface area contributed by atoms with Gasteiger partial charge in [0.2, 0.25) is 5.91 Å². The number of anilines is 1. The second kappa shape index (κ2) is 9.61. The van der Waals surface area contributed by atoms with E-state index in [0.29, 0.717) is 34.7 Å². The van der Waals surface area contributed by atoms with Gasteiger partial charge in [0.25, 0.3) is 11.8 Å². The van der Waals surface area contributed by atoms with Crippen LogP contribution in [0.25, 0.3) is 0 Å². The number of allylic oxidation sites excluding steroid dienone is 1. The van der Waals surface area contributed by atoms with Crippen molar-refractivity contribution >= 4 is 29.1 Å². The first kappa shape index (κ1) is 24.0. The Hall–Kier alpha value is -4.14. The van der Waals surface area contributed by atoms with Crippen LogP contribution < -0.4 is 15.8 Å². The molecule has 182 valence electrons. The van der Waals surface area contributed by atoms with Gasteiger partial charge < -0.3 is 25.5 Å². The highest BCUT2D eigenvalue weighted by atomic mass is 16.7. The quantitative estimate of drug-likeness (QED) is 0.621. The molecule has 2 aromatic carbocycles. The number of nitrogens with zero attached hydrogens (tertiary/aromatic N) is 2. The van der Waals surface area contributed by atoms with Gasteiger partial charge in [-0.1, -0.05) is 23.4 Å². The van der Waals surface area contributed by atoms with Crippen molar-refractivity contribution in [3.05, 3.63) is 71.3 Å². The first-order chi connectivity index (χ1) is 16.7. The Labute approximate surface area is 203 Å².